The van der Waals surface area contributed by atoms with Gasteiger partial charge >= 0.3 is 11.3 Å². The Morgan fingerprint density at radius 3 is 2.14 bits per heavy atom. The second kappa shape index (κ2) is 6.29. The van der Waals surface area contributed by atoms with Crippen molar-refractivity contribution in [2.45, 2.75) is 5.66 Å². The predicted molar refractivity (Wildman–Crippen MR) is 163 cm³/mol. The molecule has 0 bridgehead atoms. The van der Waals surface area contributed by atoms with E-state index in [1.165, 1.54) is 71.3 Å². The molecule has 12 rings (SSSR count). The van der Waals surface area contributed by atoms with Gasteiger partial charge in [-0.2, -0.15) is 18.1 Å². The molecule has 9 aromatic rings. The minimum absolute atomic E-state index is 0.670. The van der Waals surface area contributed by atoms with Crippen LogP contribution in [0.15, 0.2) is 121 Å². The number of hydrogen-bond acceptors (Lipinski definition) is 1. The zero-order valence-electron chi connectivity index (χ0n) is 22.2. The van der Waals surface area contributed by atoms with E-state index in [1.807, 2.05) is 0 Å². The monoisotopic (exact) mass is 536 g/mol. The van der Waals surface area contributed by atoms with Gasteiger partial charge in [-0.1, -0.05) is 48.5 Å². The van der Waals surface area contributed by atoms with Crippen LogP contribution in [0.2, 0.25) is 0 Å². The van der Waals surface area contributed by atoms with E-state index < -0.39 is 5.66 Å². The Bertz CT molecular complexity index is 2780. The van der Waals surface area contributed by atoms with E-state index in [1.54, 1.807) is 0 Å². The maximum Gasteiger partial charge on any atom is 0.319 e. The zero-order chi connectivity index (χ0) is 26.9. The zero-order valence-corrected chi connectivity index (χ0v) is 22.2. The summed E-state index contributed by atoms with van der Waals surface area (Å²) in [7, 11) is 0. The lowest BCUT2D eigenvalue weighted by atomic mass is 9.83. The van der Waals surface area contributed by atoms with Gasteiger partial charge in [0.1, 0.15) is 33.7 Å². The quantitative estimate of drug-likeness (QED) is 0.150. The van der Waals surface area contributed by atoms with E-state index in [2.05, 4.69) is 140 Å². The molecule has 4 aromatic heterocycles. The van der Waals surface area contributed by atoms with Crippen LogP contribution in [0.3, 0.4) is 0 Å². The summed E-state index contributed by atoms with van der Waals surface area (Å²) in [5.41, 5.74) is 9.01. The number of benzene rings is 5. The van der Waals surface area contributed by atoms with Gasteiger partial charge in [0.05, 0.1) is 11.6 Å². The number of pyridine rings is 2. The molecule has 3 aliphatic rings. The highest BCUT2D eigenvalue weighted by atomic mass is 16.5. The molecular weight excluding hydrogens is 516 g/mol. The molecule has 0 aliphatic carbocycles. The Kier molecular flexibility index (Phi) is 3.03. The standard InChI is InChI=1S/C37H20N4O/c1-3-11-25-21(9-1)23-16-18-29-33-32(23)36-39(25)27-13-5-6-14-28(27)41(36)37(33)34-30(42-29)19-17-24-22-10-2-4-12-26(22)40(35(24)34)31-15-7-8-20-38(31)37/h1-20H/q+2. The molecule has 0 saturated heterocycles. The summed E-state index contributed by atoms with van der Waals surface area (Å²) in [6, 6.07) is 41.9. The number of nitrogens with zero attached hydrogens (tertiary/aromatic N) is 4. The molecule has 0 radical (unpaired) electrons. The van der Waals surface area contributed by atoms with E-state index in [0.717, 1.165) is 17.3 Å². The van der Waals surface area contributed by atoms with Crippen LogP contribution in [0.25, 0.3) is 66.0 Å². The molecule has 0 N–H and O–H groups in total. The Morgan fingerprint density at radius 1 is 0.571 bits per heavy atom. The van der Waals surface area contributed by atoms with Crippen molar-refractivity contribution in [3.63, 3.8) is 0 Å². The lowest BCUT2D eigenvalue weighted by Gasteiger charge is -2.36. The molecule has 5 heteroatoms. The van der Waals surface area contributed by atoms with Crippen molar-refractivity contribution in [2.75, 3.05) is 0 Å². The van der Waals surface area contributed by atoms with E-state index in [-0.39, 0.29) is 0 Å². The Balaban J connectivity index is 1.48. The molecule has 192 valence electrons. The highest BCUT2D eigenvalue weighted by molar-refractivity contribution is 6.17. The Morgan fingerprint density at radius 2 is 1.26 bits per heavy atom. The number of fused-ring (bicyclic) bond motifs is 11. The minimum atomic E-state index is -0.670. The van der Waals surface area contributed by atoms with Gasteiger partial charge in [-0.05, 0) is 60.7 Å². The first-order valence-electron chi connectivity index (χ1n) is 14.5. The smallest absolute Gasteiger partial charge is 0.319 e. The third kappa shape index (κ3) is 1.83. The third-order valence-electron chi connectivity index (χ3n) is 10.1. The number of imidazole rings is 1. The van der Waals surface area contributed by atoms with E-state index in [4.69, 9.17) is 4.74 Å². The first-order chi connectivity index (χ1) is 20.9. The molecule has 0 saturated carbocycles. The number of para-hydroxylation sites is 4. The van der Waals surface area contributed by atoms with Gasteiger partial charge < -0.3 is 4.74 Å². The first-order valence-corrected chi connectivity index (χ1v) is 14.5. The second-order valence-corrected chi connectivity index (χ2v) is 11.8. The van der Waals surface area contributed by atoms with Crippen LogP contribution in [-0.4, -0.2) is 8.97 Å². The Hall–Kier alpha value is -5.68. The summed E-state index contributed by atoms with van der Waals surface area (Å²) in [5.74, 6) is 2.98. The highest BCUT2D eigenvalue weighted by Crippen LogP contribution is 2.57. The molecule has 0 fully saturated rings. The summed E-state index contributed by atoms with van der Waals surface area (Å²) in [6.07, 6.45) is 2.26. The lowest BCUT2D eigenvalue weighted by molar-refractivity contribution is -0.946. The fourth-order valence-electron chi connectivity index (χ4n) is 8.74. The molecular formula is C37H20N4O+2. The average molecular weight is 537 g/mol. The minimum Gasteiger partial charge on any atom is -0.456 e. The van der Waals surface area contributed by atoms with Crippen LogP contribution in [0.4, 0.5) is 0 Å². The summed E-state index contributed by atoms with van der Waals surface area (Å²) < 4.78 is 17.0. The summed E-state index contributed by atoms with van der Waals surface area (Å²) in [4.78, 5) is 0. The van der Waals surface area contributed by atoms with E-state index in [0.29, 0.717) is 0 Å². The average Bonchev–Trinajstić information content (AvgIpc) is 3.68. The van der Waals surface area contributed by atoms with Crippen LogP contribution in [0.1, 0.15) is 11.1 Å². The van der Waals surface area contributed by atoms with Gasteiger partial charge in [0.15, 0.2) is 16.6 Å². The van der Waals surface area contributed by atoms with Gasteiger partial charge in [-0.25, -0.2) is 0 Å². The van der Waals surface area contributed by atoms with Crippen molar-refractivity contribution in [3.8, 4) is 17.3 Å². The molecule has 42 heavy (non-hydrogen) atoms. The topological polar surface area (TPSA) is 26.3 Å². The molecule has 5 nitrogen and oxygen atoms in total. The van der Waals surface area contributed by atoms with Crippen LogP contribution in [-0.2, 0) is 5.66 Å². The molecule has 1 unspecified atom stereocenters. The molecule has 1 spiro atoms. The normalized spacial score (nSPS) is 17.3. The molecule has 0 amide bonds. The van der Waals surface area contributed by atoms with Crippen molar-refractivity contribution < 1.29 is 13.9 Å². The van der Waals surface area contributed by atoms with Crippen molar-refractivity contribution in [2.24, 2.45) is 0 Å². The number of ether oxygens (including phenoxy) is 1. The molecule has 1 atom stereocenters. The van der Waals surface area contributed by atoms with Gasteiger partial charge in [0.25, 0.3) is 5.82 Å². The third-order valence-corrected chi connectivity index (χ3v) is 10.1. The van der Waals surface area contributed by atoms with Gasteiger partial charge in [0.2, 0.25) is 0 Å². The lowest BCUT2D eigenvalue weighted by Crippen LogP contribution is -2.75. The fraction of sp³-hybridized carbons (Fsp3) is 0.0270. The predicted octanol–water partition coefficient (Wildman–Crippen LogP) is 7.10. The SMILES string of the molecule is c1cc[n+]2c(c1)-n1c3ccccc3c3ccc4c(c31)C21c2c(ccc3c5ccccc5n5c6ccccc6[n+]1c5c23)O4. The molecule has 3 aliphatic heterocycles. The van der Waals surface area contributed by atoms with Gasteiger partial charge in [-0.15, -0.1) is 0 Å². The highest BCUT2D eigenvalue weighted by Gasteiger charge is 2.65. The van der Waals surface area contributed by atoms with Crippen molar-refractivity contribution in [1.29, 1.82) is 0 Å². The number of rotatable bonds is 0. The molecule has 7 heterocycles. The van der Waals surface area contributed by atoms with Crippen LogP contribution in [0, 0.1) is 0 Å². The van der Waals surface area contributed by atoms with Gasteiger partial charge in [0, 0.05) is 27.6 Å². The van der Waals surface area contributed by atoms with Crippen LogP contribution < -0.4 is 13.9 Å². The summed E-state index contributed by atoms with van der Waals surface area (Å²) >= 11 is 0. The van der Waals surface area contributed by atoms with Crippen molar-refractivity contribution in [3.05, 3.63) is 133 Å². The molecule has 5 aromatic carbocycles. The first kappa shape index (κ1) is 20.2. The van der Waals surface area contributed by atoms with Crippen LogP contribution in [0.5, 0.6) is 11.5 Å². The van der Waals surface area contributed by atoms with Crippen LogP contribution >= 0.6 is 0 Å². The van der Waals surface area contributed by atoms with E-state index in [9.17, 15) is 0 Å². The second-order valence-electron chi connectivity index (χ2n) is 11.8. The fourth-order valence-corrected chi connectivity index (χ4v) is 8.74. The van der Waals surface area contributed by atoms with Gasteiger partial charge in [-0.3, -0.25) is 0 Å². The van der Waals surface area contributed by atoms with Crippen molar-refractivity contribution in [1.82, 2.24) is 8.97 Å². The summed E-state index contributed by atoms with van der Waals surface area (Å²) in [5, 5.41) is 6.27. The summed E-state index contributed by atoms with van der Waals surface area (Å²) in [6.45, 7) is 0. The largest absolute Gasteiger partial charge is 0.456 e. The number of hydrogen-bond donors (Lipinski definition) is 0. The maximum absolute atomic E-state index is 6.91. The maximum atomic E-state index is 6.91. The number of aromatic nitrogens is 4. The Labute approximate surface area is 238 Å². The van der Waals surface area contributed by atoms with E-state index >= 15 is 0 Å². The van der Waals surface area contributed by atoms with Crippen molar-refractivity contribution >= 4 is 60.2 Å².